The van der Waals surface area contributed by atoms with Gasteiger partial charge in [0.05, 0.1) is 0 Å². The van der Waals surface area contributed by atoms with E-state index in [1.54, 1.807) is 12.3 Å². The van der Waals surface area contributed by atoms with E-state index in [9.17, 15) is 9.59 Å². The molecule has 1 aliphatic rings. The molecular formula is C17H21N3O3. The number of aliphatic hydroxyl groups excluding tert-OH is 1. The van der Waals surface area contributed by atoms with Crippen molar-refractivity contribution in [1.29, 1.82) is 0 Å². The first kappa shape index (κ1) is 15.7. The summed E-state index contributed by atoms with van der Waals surface area (Å²) < 4.78 is 1.41. The molecule has 1 fully saturated rings. The number of nitrogens with one attached hydrogen (secondary N) is 1. The Morgan fingerprint density at radius 3 is 2.78 bits per heavy atom. The van der Waals surface area contributed by atoms with Crippen molar-refractivity contribution < 1.29 is 9.90 Å². The first-order chi connectivity index (χ1) is 11.1. The topological polar surface area (TPSA) is 83.7 Å². The van der Waals surface area contributed by atoms with Crippen molar-refractivity contribution in [2.45, 2.75) is 38.6 Å². The van der Waals surface area contributed by atoms with Gasteiger partial charge in [-0.05, 0) is 50.2 Å². The van der Waals surface area contributed by atoms with Gasteiger partial charge in [0.25, 0.3) is 11.5 Å². The molecule has 1 amide bonds. The molecule has 0 aliphatic heterocycles. The summed E-state index contributed by atoms with van der Waals surface area (Å²) in [6.07, 6.45) is 6.50. The molecule has 0 saturated heterocycles. The summed E-state index contributed by atoms with van der Waals surface area (Å²) in [5.74, 6) is -0.0371. The standard InChI is InChI=1S/C17H21N3O3/c1-11-2-7-15-18-8-14(17(23)20(15)9-11)16(22)19-13-5-3-12(10-21)4-6-13/h2,7-9,12-13,21H,3-6,10H2,1H3,(H,19,22). The maximum Gasteiger partial charge on any atom is 0.270 e. The van der Waals surface area contributed by atoms with Gasteiger partial charge in [0.1, 0.15) is 11.2 Å². The summed E-state index contributed by atoms with van der Waals surface area (Å²) in [7, 11) is 0. The molecule has 0 unspecified atom stereocenters. The van der Waals surface area contributed by atoms with E-state index in [0.29, 0.717) is 11.6 Å². The van der Waals surface area contributed by atoms with Crippen LogP contribution in [0, 0.1) is 12.8 Å². The minimum absolute atomic E-state index is 0.0582. The molecule has 0 atom stereocenters. The van der Waals surface area contributed by atoms with Crippen molar-refractivity contribution in [1.82, 2.24) is 14.7 Å². The Hall–Kier alpha value is -2.21. The number of carbonyl (C=O) groups excluding carboxylic acids is 1. The van der Waals surface area contributed by atoms with E-state index in [4.69, 9.17) is 5.11 Å². The van der Waals surface area contributed by atoms with Gasteiger partial charge in [-0.2, -0.15) is 0 Å². The predicted molar refractivity (Wildman–Crippen MR) is 86.5 cm³/mol. The average molecular weight is 315 g/mol. The normalized spacial score (nSPS) is 21.3. The molecule has 2 heterocycles. The largest absolute Gasteiger partial charge is 0.396 e. The number of hydrogen-bond donors (Lipinski definition) is 2. The number of nitrogens with zero attached hydrogens (tertiary/aromatic N) is 2. The summed E-state index contributed by atoms with van der Waals surface area (Å²) in [6, 6.07) is 3.69. The van der Waals surface area contributed by atoms with Crippen molar-refractivity contribution in [3.63, 3.8) is 0 Å². The average Bonchev–Trinajstić information content (AvgIpc) is 2.56. The van der Waals surface area contributed by atoms with Crippen molar-refractivity contribution in [2.75, 3.05) is 6.61 Å². The third kappa shape index (κ3) is 3.27. The van der Waals surface area contributed by atoms with Crippen LogP contribution in [0.1, 0.15) is 41.6 Å². The highest BCUT2D eigenvalue weighted by molar-refractivity contribution is 5.93. The van der Waals surface area contributed by atoms with Crippen LogP contribution in [-0.4, -0.2) is 33.0 Å². The molecule has 3 rings (SSSR count). The number of pyridine rings is 1. The van der Waals surface area contributed by atoms with Crippen LogP contribution < -0.4 is 10.9 Å². The van der Waals surface area contributed by atoms with Crippen molar-refractivity contribution in [3.05, 3.63) is 46.0 Å². The number of amides is 1. The quantitative estimate of drug-likeness (QED) is 0.894. The second kappa shape index (κ2) is 6.50. The number of carbonyl (C=O) groups is 1. The first-order valence-electron chi connectivity index (χ1n) is 7.98. The number of hydrogen-bond acceptors (Lipinski definition) is 4. The van der Waals surface area contributed by atoms with Crippen LogP contribution in [0.15, 0.2) is 29.3 Å². The highest BCUT2D eigenvalue weighted by Crippen LogP contribution is 2.23. The third-order valence-electron chi connectivity index (χ3n) is 4.53. The zero-order valence-corrected chi connectivity index (χ0v) is 13.2. The van der Waals surface area contributed by atoms with Crippen LogP contribution in [0.2, 0.25) is 0 Å². The second-order valence-electron chi connectivity index (χ2n) is 6.29. The van der Waals surface area contributed by atoms with Crippen LogP contribution in [-0.2, 0) is 0 Å². The summed E-state index contributed by atoms with van der Waals surface area (Å²) >= 11 is 0. The highest BCUT2D eigenvalue weighted by Gasteiger charge is 2.23. The molecular weight excluding hydrogens is 294 g/mol. The predicted octanol–water partition coefficient (Wildman–Crippen LogP) is 1.28. The highest BCUT2D eigenvalue weighted by atomic mass is 16.3. The van der Waals surface area contributed by atoms with Gasteiger partial charge in [0.15, 0.2) is 0 Å². The van der Waals surface area contributed by atoms with E-state index in [1.165, 1.54) is 10.6 Å². The fraction of sp³-hybridized carbons (Fsp3) is 0.471. The van der Waals surface area contributed by atoms with Gasteiger partial charge in [-0.1, -0.05) is 6.07 Å². The molecule has 0 radical (unpaired) electrons. The molecule has 0 aromatic carbocycles. The monoisotopic (exact) mass is 315 g/mol. The van der Waals surface area contributed by atoms with Crippen molar-refractivity contribution >= 4 is 11.6 Å². The van der Waals surface area contributed by atoms with Gasteiger partial charge >= 0.3 is 0 Å². The van der Waals surface area contributed by atoms with Gasteiger partial charge in [-0.15, -0.1) is 0 Å². The van der Waals surface area contributed by atoms with Crippen LogP contribution >= 0.6 is 0 Å². The smallest absolute Gasteiger partial charge is 0.270 e. The van der Waals surface area contributed by atoms with E-state index in [-0.39, 0.29) is 29.7 Å². The van der Waals surface area contributed by atoms with E-state index >= 15 is 0 Å². The lowest BCUT2D eigenvalue weighted by atomic mass is 9.86. The van der Waals surface area contributed by atoms with Gasteiger partial charge in [0.2, 0.25) is 0 Å². The Labute approximate surface area is 134 Å². The fourth-order valence-electron chi connectivity index (χ4n) is 3.09. The Morgan fingerprint density at radius 2 is 2.09 bits per heavy atom. The molecule has 23 heavy (non-hydrogen) atoms. The molecule has 1 saturated carbocycles. The lowest BCUT2D eigenvalue weighted by Crippen LogP contribution is -2.40. The molecule has 2 aromatic rings. The van der Waals surface area contributed by atoms with Gasteiger partial charge < -0.3 is 10.4 Å². The van der Waals surface area contributed by atoms with Crippen LogP contribution in [0.4, 0.5) is 0 Å². The van der Waals surface area contributed by atoms with E-state index < -0.39 is 0 Å². The number of aromatic nitrogens is 2. The number of fused-ring (bicyclic) bond motifs is 1. The third-order valence-corrected chi connectivity index (χ3v) is 4.53. The number of aryl methyl sites for hydroxylation is 1. The Bertz CT molecular complexity index is 776. The van der Waals surface area contributed by atoms with Crippen molar-refractivity contribution in [3.8, 4) is 0 Å². The van der Waals surface area contributed by atoms with E-state index in [2.05, 4.69) is 10.3 Å². The van der Waals surface area contributed by atoms with Gasteiger partial charge in [0, 0.05) is 25.0 Å². The Kier molecular flexibility index (Phi) is 4.43. The molecule has 0 bridgehead atoms. The second-order valence-corrected chi connectivity index (χ2v) is 6.29. The molecule has 6 nitrogen and oxygen atoms in total. The summed E-state index contributed by atoms with van der Waals surface area (Å²) in [6.45, 7) is 2.09. The molecule has 2 N–H and O–H groups in total. The van der Waals surface area contributed by atoms with Crippen LogP contribution in [0.3, 0.4) is 0 Å². The number of aliphatic hydroxyl groups is 1. The van der Waals surface area contributed by atoms with Crippen molar-refractivity contribution in [2.24, 2.45) is 5.92 Å². The first-order valence-corrected chi connectivity index (χ1v) is 7.98. The molecule has 6 heteroatoms. The van der Waals surface area contributed by atoms with Gasteiger partial charge in [-0.3, -0.25) is 14.0 Å². The van der Waals surface area contributed by atoms with E-state index in [0.717, 1.165) is 31.2 Å². The van der Waals surface area contributed by atoms with Crippen LogP contribution in [0.25, 0.3) is 5.65 Å². The minimum atomic E-state index is -0.370. The van der Waals surface area contributed by atoms with E-state index in [1.807, 2.05) is 13.0 Å². The lowest BCUT2D eigenvalue weighted by Gasteiger charge is -2.27. The SMILES string of the molecule is Cc1ccc2ncc(C(=O)NC3CCC(CO)CC3)c(=O)n2c1. The van der Waals surface area contributed by atoms with Gasteiger partial charge in [-0.25, -0.2) is 4.98 Å². The Morgan fingerprint density at radius 1 is 1.35 bits per heavy atom. The summed E-state index contributed by atoms with van der Waals surface area (Å²) in [5, 5.41) is 12.1. The minimum Gasteiger partial charge on any atom is -0.396 e. The zero-order valence-electron chi connectivity index (χ0n) is 13.2. The number of rotatable bonds is 3. The molecule has 2 aromatic heterocycles. The zero-order chi connectivity index (χ0) is 16.4. The molecule has 0 spiro atoms. The molecule has 122 valence electrons. The summed E-state index contributed by atoms with van der Waals surface area (Å²) in [5.41, 5.74) is 1.18. The summed E-state index contributed by atoms with van der Waals surface area (Å²) in [4.78, 5) is 29.1. The maximum absolute atomic E-state index is 12.5. The maximum atomic E-state index is 12.5. The van der Waals surface area contributed by atoms with Crippen LogP contribution in [0.5, 0.6) is 0 Å². The lowest BCUT2D eigenvalue weighted by molar-refractivity contribution is 0.0912. The Balaban J connectivity index is 1.79. The molecule has 1 aliphatic carbocycles. The fourth-order valence-corrected chi connectivity index (χ4v) is 3.09.